The summed E-state index contributed by atoms with van der Waals surface area (Å²) in [5.41, 5.74) is 11.2. The summed E-state index contributed by atoms with van der Waals surface area (Å²) in [5.74, 6) is 2.97. The highest BCUT2D eigenvalue weighted by Crippen LogP contribution is 2.50. The fourth-order valence-corrected chi connectivity index (χ4v) is 9.66. The Morgan fingerprint density at radius 1 is 1.02 bits per heavy atom. The number of rotatable bonds is 1. The largest absolute Gasteiger partial charge is 0.493 e. The first kappa shape index (κ1) is 32.5. The third kappa shape index (κ3) is 6.06. The van der Waals surface area contributed by atoms with Crippen molar-refractivity contribution in [3.63, 3.8) is 0 Å². The minimum absolute atomic E-state index is 0.127. The van der Waals surface area contributed by atoms with Crippen LogP contribution >= 0.6 is 35.1 Å². The Kier molecular flexibility index (Phi) is 9.28. The molecule has 2 atom stereocenters. The molecule has 47 heavy (non-hydrogen) atoms. The van der Waals surface area contributed by atoms with Crippen molar-refractivity contribution < 1.29 is 14.3 Å². The maximum Gasteiger partial charge on any atom is 0.329 e. The quantitative estimate of drug-likeness (QED) is 0.189. The fraction of sp³-hybridized carbons (Fsp3) is 0.472. The molecule has 2 aliphatic heterocycles. The SMILES string of the molecule is COC(=O)C1C(C)c2c3ccc(Cl)c2-c2c(nn(C)c2C)CSCc2cc(n(C)n2)CSc2cc4c(c(c2)OCCCN31)CCCC4. The van der Waals surface area contributed by atoms with Gasteiger partial charge in [0.2, 0.25) is 0 Å². The van der Waals surface area contributed by atoms with Crippen molar-refractivity contribution in [1.82, 2.24) is 19.6 Å². The molecule has 0 radical (unpaired) electrons. The third-order valence-electron chi connectivity index (χ3n) is 9.95. The molecule has 11 heteroatoms. The number of halogens is 1. The number of aryl methyl sites for hydroxylation is 3. The van der Waals surface area contributed by atoms with Crippen LogP contribution in [-0.4, -0.2) is 51.8 Å². The molecule has 0 N–H and O–H groups in total. The van der Waals surface area contributed by atoms with Gasteiger partial charge in [-0.1, -0.05) is 18.5 Å². The highest BCUT2D eigenvalue weighted by molar-refractivity contribution is 7.98. The van der Waals surface area contributed by atoms with Gasteiger partial charge < -0.3 is 14.4 Å². The van der Waals surface area contributed by atoms with E-state index in [9.17, 15) is 4.79 Å². The number of fused-ring (bicyclic) bond motifs is 8. The average Bonchev–Trinajstić information content (AvgIpc) is 3.66. The summed E-state index contributed by atoms with van der Waals surface area (Å²) in [5, 5.41) is 10.5. The second kappa shape index (κ2) is 13.4. The van der Waals surface area contributed by atoms with E-state index in [0.717, 1.165) is 76.0 Å². The molecule has 248 valence electrons. The van der Waals surface area contributed by atoms with Crippen LogP contribution in [-0.2, 0) is 53.7 Å². The molecule has 1 aliphatic carbocycles. The minimum Gasteiger partial charge on any atom is -0.493 e. The van der Waals surface area contributed by atoms with Crippen molar-refractivity contribution in [3.8, 4) is 16.9 Å². The molecule has 0 saturated heterocycles. The Labute approximate surface area is 290 Å². The first-order chi connectivity index (χ1) is 22.7. The number of aromatic nitrogens is 4. The molecule has 3 aliphatic rings. The number of ether oxygens (including phenoxy) is 2. The van der Waals surface area contributed by atoms with E-state index in [2.05, 4.69) is 43.0 Å². The second-order valence-electron chi connectivity index (χ2n) is 12.8. The van der Waals surface area contributed by atoms with E-state index < -0.39 is 6.04 Å². The van der Waals surface area contributed by atoms with E-state index in [1.807, 2.05) is 53.0 Å². The predicted molar refractivity (Wildman–Crippen MR) is 191 cm³/mol. The van der Waals surface area contributed by atoms with E-state index in [-0.39, 0.29) is 11.9 Å². The van der Waals surface area contributed by atoms with E-state index in [4.69, 9.17) is 31.3 Å². The average molecular weight is 692 g/mol. The smallest absolute Gasteiger partial charge is 0.329 e. The van der Waals surface area contributed by atoms with Gasteiger partial charge in [0.25, 0.3) is 0 Å². The Balaban J connectivity index is 1.30. The zero-order chi connectivity index (χ0) is 32.8. The number of thioether (sulfide) groups is 2. The van der Waals surface area contributed by atoms with Crippen LogP contribution < -0.4 is 9.64 Å². The van der Waals surface area contributed by atoms with Crippen LogP contribution in [0.1, 0.15) is 71.6 Å². The van der Waals surface area contributed by atoms with Crippen LogP contribution in [0.25, 0.3) is 11.1 Å². The summed E-state index contributed by atoms with van der Waals surface area (Å²) in [6.45, 7) is 5.43. The number of hydrogen-bond acceptors (Lipinski definition) is 8. The zero-order valence-corrected chi connectivity index (χ0v) is 30.2. The lowest BCUT2D eigenvalue weighted by Gasteiger charge is -2.27. The Morgan fingerprint density at radius 2 is 1.85 bits per heavy atom. The summed E-state index contributed by atoms with van der Waals surface area (Å²) in [6, 6.07) is 10.4. The van der Waals surface area contributed by atoms with Gasteiger partial charge in [-0.25, -0.2) is 4.79 Å². The summed E-state index contributed by atoms with van der Waals surface area (Å²) in [6.07, 6.45) is 5.32. The molecule has 8 bridgehead atoms. The fourth-order valence-electron chi connectivity index (χ4n) is 7.55. The number of esters is 1. The number of hydrogen-bond donors (Lipinski definition) is 0. The van der Waals surface area contributed by atoms with Gasteiger partial charge in [0, 0.05) is 81.9 Å². The van der Waals surface area contributed by atoms with Gasteiger partial charge >= 0.3 is 5.97 Å². The van der Waals surface area contributed by atoms with Gasteiger partial charge in [0.15, 0.2) is 0 Å². The Morgan fingerprint density at radius 3 is 2.68 bits per heavy atom. The van der Waals surface area contributed by atoms with E-state index in [1.54, 1.807) is 0 Å². The number of methoxy groups -OCH3 is 1. The molecular formula is C36H42ClN5O3S2. The maximum absolute atomic E-state index is 13.4. The first-order valence-electron chi connectivity index (χ1n) is 16.5. The molecule has 2 aromatic heterocycles. The predicted octanol–water partition coefficient (Wildman–Crippen LogP) is 7.63. The highest BCUT2D eigenvalue weighted by Gasteiger charge is 2.43. The van der Waals surface area contributed by atoms with Crippen LogP contribution in [0.3, 0.4) is 0 Å². The maximum atomic E-state index is 13.4. The van der Waals surface area contributed by atoms with E-state index >= 15 is 0 Å². The molecule has 8 nitrogen and oxygen atoms in total. The van der Waals surface area contributed by atoms with Crippen LogP contribution in [0.4, 0.5) is 5.69 Å². The van der Waals surface area contributed by atoms with Gasteiger partial charge in [-0.05, 0) is 86.1 Å². The summed E-state index contributed by atoms with van der Waals surface area (Å²) in [7, 11) is 5.49. The number of carbonyl (C=O) groups excluding carboxylic acids is 1. The molecule has 4 heterocycles. The van der Waals surface area contributed by atoms with Gasteiger partial charge in [-0.3, -0.25) is 9.36 Å². The monoisotopic (exact) mass is 691 g/mol. The second-order valence-corrected chi connectivity index (χ2v) is 15.3. The molecule has 0 fully saturated rings. The Hall–Kier alpha value is -3.08. The standard InChI is InChI=1S/C36H42ClN5O3S2/c1-21-32-30-12-11-28(37)34(32)33-22(2)40(3)39-29(33)20-46-18-24-16-25(41(4)38-24)19-47-26-15-23-9-6-7-10-27(23)31(17-26)45-14-8-13-42(30)35(21)36(43)44-5/h11-12,15-17,21,35H,6-10,13-14,18-20H2,1-5H3. The van der Waals surface area contributed by atoms with Crippen LogP contribution in [0.2, 0.25) is 5.02 Å². The van der Waals surface area contributed by atoms with Gasteiger partial charge in [-0.15, -0.1) is 23.5 Å². The van der Waals surface area contributed by atoms with Gasteiger partial charge in [0.05, 0.1) is 25.1 Å². The van der Waals surface area contributed by atoms with Gasteiger partial charge in [-0.2, -0.15) is 10.2 Å². The summed E-state index contributed by atoms with van der Waals surface area (Å²) < 4.78 is 15.9. The third-order valence-corrected chi connectivity index (χ3v) is 12.2. The van der Waals surface area contributed by atoms with Crippen molar-refractivity contribution in [2.75, 3.05) is 25.2 Å². The summed E-state index contributed by atoms with van der Waals surface area (Å²) >= 11 is 10.7. The lowest BCUT2D eigenvalue weighted by Crippen LogP contribution is -2.41. The molecule has 7 rings (SSSR count). The van der Waals surface area contributed by atoms with Crippen molar-refractivity contribution in [3.05, 3.63) is 74.8 Å². The first-order valence-corrected chi connectivity index (χ1v) is 19.0. The highest BCUT2D eigenvalue weighted by atomic mass is 35.5. The minimum atomic E-state index is -0.453. The van der Waals surface area contributed by atoms with Crippen molar-refractivity contribution in [2.45, 2.75) is 80.1 Å². The number of benzene rings is 2. The number of carbonyl (C=O) groups is 1. The lowest BCUT2D eigenvalue weighted by molar-refractivity contribution is -0.142. The van der Waals surface area contributed by atoms with Crippen molar-refractivity contribution in [2.24, 2.45) is 14.1 Å². The molecule has 0 saturated carbocycles. The molecule has 0 amide bonds. The zero-order valence-electron chi connectivity index (χ0n) is 27.8. The summed E-state index contributed by atoms with van der Waals surface area (Å²) in [4.78, 5) is 16.8. The van der Waals surface area contributed by atoms with Crippen molar-refractivity contribution >= 4 is 46.8 Å². The van der Waals surface area contributed by atoms with E-state index in [1.165, 1.54) is 41.7 Å². The van der Waals surface area contributed by atoms with E-state index in [0.29, 0.717) is 23.9 Å². The van der Waals surface area contributed by atoms with Crippen LogP contribution in [0, 0.1) is 6.92 Å². The van der Waals surface area contributed by atoms with Crippen LogP contribution in [0.5, 0.6) is 5.75 Å². The number of nitrogens with zero attached hydrogens (tertiary/aromatic N) is 5. The molecular weight excluding hydrogens is 650 g/mol. The molecule has 2 unspecified atom stereocenters. The Bertz CT molecular complexity index is 1840. The lowest BCUT2D eigenvalue weighted by atomic mass is 9.88. The number of anilines is 1. The molecule has 0 spiro atoms. The van der Waals surface area contributed by atoms with Gasteiger partial charge in [0.1, 0.15) is 11.8 Å². The molecule has 4 aromatic rings. The normalized spacial score (nSPS) is 19.7. The van der Waals surface area contributed by atoms with Crippen LogP contribution in [0.15, 0.2) is 35.2 Å². The van der Waals surface area contributed by atoms with Crippen molar-refractivity contribution in [1.29, 1.82) is 0 Å². The topological polar surface area (TPSA) is 74.4 Å². The molecule has 2 aromatic carbocycles.